The number of rotatable bonds is 3. The van der Waals surface area contributed by atoms with E-state index >= 15 is 0 Å². The molecule has 7 nitrogen and oxygen atoms in total. The van der Waals surface area contributed by atoms with E-state index in [-0.39, 0.29) is 5.56 Å². The van der Waals surface area contributed by atoms with Crippen molar-refractivity contribution in [2.75, 3.05) is 0 Å². The van der Waals surface area contributed by atoms with Gasteiger partial charge in [0.25, 0.3) is 11.3 Å². The maximum atomic E-state index is 12.7. The third-order valence-electron chi connectivity index (χ3n) is 3.73. The lowest BCUT2D eigenvalue weighted by Gasteiger charge is -2.07. The van der Waals surface area contributed by atoms with E-state index in [1.807, 2.05) is 43.3 Å². The van der Waals surface area contributed by atoms with Crippen LogP contribution in [0.2, 0.25) is 0 Å². The summed E-state index contributed by atoms with van der Waals surface area (Å²) in [5, 5.41) is 12.4. The van der Waals surface area contributed by atoms with Gasteiger partial charge in [0.1, 0.15) is 5.52 Å². The summed E-state index contributed by atoms with van der Waals surface area (Å²) in [5.41, 5.74) is 1.78. The molecule has 4 aromatic rings. The van der Waals surface area contributed by atoms with E-state index in [2.05, 4.69) is 20.3 Å². The van der Waals surface area contributed by atoms with Gasteiger partial charge in [0.05, 0.1) is 6.54 Å². The molecule has 7 heteroatoms. The second kappa shape index (κ2) is 5.28. The summed E-state index contributed by atoms with van der Waals surface area (Å²) in [7, 11) is 0. The zero-order chi connectivity index (χ0) is 15.8. The average molecular weight is 306 g/mol. The Morgan fingerprint density at radius 3 is 2.70 bits per heavy atom. The van der Waals surface area contributed by atoms with Crippen LogP contribution in [0.15, 0.2) is 47.4 Å². The normalized spacial score (nSPS) is 11.3. The van der Waals surface area contributed by atoms with Crippen molar-refractivity contribution in [3.05, 3.63) is 64.3 Å². The van der Waals surface area contributed by atoms with Gasteiger partial charge in [-0.25, -0.2) is 0 Å². The van der Waals surface area contributed by atoms with Crippen molar-refractivity contribution >= 4 is 16.8 Å². The van der Waals surface area contributed by atoms with Gasteiger partial charge in [0.15, 0.2) is 11.3 Å². The molecule has 3 aromatic heterocycles. The molecule has 0 aliphatic carbocycles. The molecule has 0 N–H and O–H groups in total. The van der Waals surface area contributed by atoms with E-state index in [0.717, 1.165) is 5.56 Å². The van der Waals surface area contributed by atoms with Crippen molar-refractivity contribution in [1.29, 1.82) is 0 Å². The Labute approximate surface area is 131 Å². The Balaban J connectivity index is 1.88. The summed E-state index contributed by atoms with van der Waals surface area (Å²) in [6, 6.07) is 11.6. The quantitative estimate of drug-likeness (QED) is 0.572. The largest absolute Gasteiger partial charge is 0.309 e. The van der Waals surface area contributed by atoms with Crippen LogP contribution in [0.25, 0.3) is 16.8 Å². The van der Waals surface area contributed by atoms with Gasteiger partial charge in [-0.1, -0.05) is 37.3 Å². The lowest BCUT2D eigenvalue weighted by molar-refractivity contribution is 0.760. The molecule has 3 heterocycles. The van der Waals surface area contributed by atoms with Crippen LogP contribution in [0, 0.1) is 0 Å². The maximum Gasteiger partial charge on any atom is 0.280 e. The smallest absolute Gasteiger partial charge is 0.280 e. The first kappa shape index (κ1) is 13.6. The fourth-order valence-corrected chi connectivity index (χ4v) is 2.54. The van der Waals surface area contributed by atoms with Crippen LogP contribution >= 0.6 is 0 Å². The highest BCUT2D eigenvalue weighted by Crippen LogP contribution is 2.09. The number of fused-ring (bicyclic) bond motifs is 3. The lowest BCUT2D eigenvalue weighted by atomic mass is 10.2. The molecule has 0 atom stereocenters. The first-order chi connectivity index (χ1) is 11.3. The van der Waals surface area contributed by atoms with E-state index in [0.29, 0.717) is 35.6 Å². The van der Waals surface area contributed by atoms with Gasteiger partial charge in [-0.15, -0.1) is 15.3 Å². The van der Waals surface area contributed by atoms with Crippen molar-refractivity contribution in [1.82, 2.24) is 29.4 Å². The first-order valence-electron chi connectivity index (χ1n) is 7.41. The summed E-state index contributed by atoms with van der Waals surface area (Å²) in [6.07, 6.45) is 2.46. The second-order valence-electron chi connectivity index (χ2n) is 5.26. The number of aromatic nitrogens is 6. The van der Waals surface area contributed by atoms with Gasteiger partial charge in [0, 0.05) is 12.6 Å². The van der Waals surface area contributed by atoms with Gasteiger partial charge >= 0.3 is 0 Å². The molecule has 0 aliphatic rings. The maximum absolute atomic E-state index is 12.7. The molecule has 0 amide bonds. The Kier molecular flexibility index (Phi) is 3.11. The van der Waals surface area contributed by atoms with Crippen LogP contribution < -0.4 is 5.56 Å². The minimum absolute atomic E-state index is 0.186. The molecule has 0 saturated carbocycles. The van der Waals surface area contributed by atoms with Gasteiger partial charge in [-0.05, 0) is 11.6 Å². The van der Waals surface area contributed by atoms with Crippen molar-refractivity contribution in [3.8, 4) is 0 Å². The molecule has 23 heavy (non-hydrogen) atoms. The Hall–Kier alpha value is -3.09. The Morgan fingerprint density at radius 1 is 1.09 bits per heavy atom. The first-order valence-corrected chi connectivity index (χ1v) is 7.41. The van der Waals surface area contributed by atoms with Crippen LogP contribution in [0.5, 0.6) is 0 Å². The molecule has 0 spiro atoms. The van der Waals surface area contributed by atoms with Crippen molar-refractivity contribution in [3.63, 3.8) is 0 Å². The summed E-state index contributed by atoms with van der Waals surface area (Å²) in [5.74, 6) is 1.09. The molecule has 0 fully saturated rings. The highest BCUT2D eigenvalue weighted by atomic mass is 16.1. The van der Waals surface area contributed by atoms with Crippen molar-refractivity contribution in [2.45, 2.75) is 19.9 Å². The van der Waals surface area contributed by atoms with Crippen LogP contribution in [-0.2, 0) is 13.0 Å². The van der Waals surface area contributed by atoms with E-state index < -0.39 is 0 Å². The summed E-state index contributed by atoms with van der Waals surface area (Å²) < 4.78 is 3.20. The summed E-state index contributed by atoms with van der Waals surface area (Å²) in [4.78, 5) is 16.9. The van der Waals surface area contributed by atoms with Crippen LogP contribution in [-0.4, -0.2) is 29.4 Å². The number of hydrogen-bond donors (Lipinski definition) is 0. The standard InChI is InChI=1S/C16H14N6O/c1-2-13-17-16-19-18-14-12(22(16)20-13)8-9-21(15(14)23)10-11-6-4-3-5-7-11/h3-9H,2,10H2,1H3. The number of pyridine rings is 1. The molecule has 0 unspecified atom stereocenters. The zero-order valence-electron chi connectivity index (χ0n) is 12.5. The molecule has 0 radical (unpaired) electrons. The van der Waals surface area contributed by atoms with Crippen molar-refractivity contribution < 1.29 is 0 Å². The number of aryl methyl sites for hydroxylation is 1. The third kappa shape index (κ3) is 2.26. The van der Waals surface area contributed by atoms with E-state index in [1.165, 1.54) is 0 Å². The second-order valence-corrected chi connectivity index (χ2v) is 5.26. The molecule has 114 valence electrons. The highest BCUT2D eigenvalue weighted by Gasteiger charge is 2.12. The summed E-state index contributed by atoms with van der Waals surface area (Å²) >= 11 is 0. The topological polar surface area (TPSA) is 78.0 Å². The molecule has 0 aliphatic heterocycles. The fourth-order valence-electron chi connectivity index (χ4n) is 2.54. The van der Waals surface area contributed by atoms with Gasteiger partial charge < -0.3 is 4.57 Å². The lowest BCUT2D eigenvalue weighted by Crippen LogP contribution is -2.22. The molecular weight excluding hydrogens is 292 g/mol. The summed E-state index contributed by atoms with van der Waals surface area (Å²) in [6.45, 7) is 2.46. The molecule has 0 saturated heterocycles. The molecule has 4 rings (SSSR count). The highest BCUT2D eigenvalue weighted by molar-refractivity contribution is 5.74. The van der Waals surface area contributed by atoms with Crippen LogP contribution in [0.3, 0.4) is 0 Å². The minimum atomic E-state index is -0.186. The zero-order valence-corrected chi connectivity index (χ0v) is 12.5. The monoisotopic (exact) mass is 306 g/mol. The van der Waals surface area contributed by atoms with E-state index in [9.17, 15) is 4.79 Å². The van der Waals surface area contributed by atoms with Gasteiger partial charge in [-0.2, -0.15) is 9.50 Å². The molecule has 1 aromatic carbocycles. The molecular formula is C16H14N6O. The number of nitrogens with zero attached hydrogens (tertiary/aromatic N) is 6. The Morgan fingerprint density at radius 2 is 1.91 bits per heavy atom. The average Bonchev–Trinajstić information content (AvgIpc) is 3.02. The van der Waals surface area contributed by atoms with Gasteiger partial charge in [-0.3, -0.25) is 4.79 Å². The van der Waals surface area contributed by atoms with Crippen molar-refractivity contribution in [2.24, 2.45) is 0 Å². The molecule has 0 bridgehead atoms. The predicted octanol–water partition coefficient (Wildman–Crippen LogP) is 1.44. The van der Waals surface area contributed by atoms with E-state index in [4.69, 9.17) is 0 Å². The predicted molar refractivity (Wildman–Crippen MR) is 85.3 cm³/mol. The van der Waals surface area contributed by atoms with E-state index in [1.54, 1.807) is 15.3 Å². The third-order valence-corrected chi connectivity index (χ3v) is 3.73. The minimum Gasteiger partial charge on any atom is -0.309 e. The van der Waals surface area contributed by atoms with Gasteiger partial charge in [0.2, 0.25) is 0 Å². The number of benzene rings is 1. The Bertz CT molecular complexity index is 1050. The fraction of sp³-hybridized carbons (Fsp3) is 0.188. The SMILES string of the molecule is CCc1nc2nnc3c(=O)n(Cc4ccccc4)ccc3n2n1. The van der Waals surface area contributed by atoms with Crippen LogP contribution in [0.4, 0.5) is 0 Å². The van der Waals surface area contributed by atoms with Crippen LogP contribution in [0.1, 0.15) is 18.3 Å². The number of hydrogen-bond acceptors (Lipinski definition) is 5.